The molecule has 0 radical (unpaired) electrons. The molecule has 1 N–H and O–H groups in total. The molecule has 7 nitrogen and oxygen atoms in total. The normalized spacial score (nSPS) is 12.2. The van der Waals surface area contributed by atoms with Crippen LogP contribution >= 0.6 is 0 Å². The molecule has 2 aromatic rings. The van der Waals surface area contributed by atoms with Gasteiger partial charge in [-0.15, -0.1) is 0 Å². The number of methoxy groups -OCH3 is 3. The second kappa shape index (κ2) is 8.97. The van der Waals surface area contributed by atoms with Crippen molar-refractivity contribution in [2.45, 2.75) is 31.1 Å². The largest absolute Gasteiger partial charge is 0.493 e. The molecule has 0 spiro atoms. The minimum Gasteiger partial charge on any atom is -0.493 e. The van der Waals surface area contributed by atoms with E-state index in [1.54, 1.807) is 24.3 Å². The summed E-state index contributed by atoms with van der Waals surface area (Å²) in [6.45, 7) is 4.15. The summed E-state index contributed by atoms with van der Waals surface area (Å²) in [4.78, 5) is 12.2. The first-order valence-electron chi connectivity index (χ1n) is 8.74. The van der Waals surface area contributed by atoms with Crippen LogP contribution in [0.15, 0.2) is 41.3 Å². The Morgan fingerprint density at radius 1 is 1.04 bits per heavy atom. The Balaban J connectivity index is 2.46. The van der Waals surface area contributed by atoms with Gasteiger partial charge in [-0.3, -0.25) is 4.72 Å². The van der Waals surface area contributed by atoms with Crippen molar-refractivity contribution in [3.63, 3.8) is 0 Å². The summed E-state index contributed by atoms with van der Waals surface area (Å²) in [6.07, 6.45) is 0.957. The van der Waals surface area contributed by atoms with Crippen LogP contribution in [-0.4, -0.2) is 35.7 Å². The highest BCUT2D eigenvalue weighted by molar-refractivity contribution is 7.92. The minimum absolute atomic E-state index is 0.0138. The number of ether oxygens (including phenoxy) is 3. The van der Waals surface area contributed by atoms with Crippen LogP contribution in [0.25, 0.3) is 0 Å². The van der Waals surface area contributed by atoms with Crippen molar-refractivity contribution in [3.05, 3.63) is 47.5 Å². The molecule has 2 aromatic carbocycles. The Labute approximate surface area is 165 Å². The lowest BCUT2D eigenvalue weighted by Crippen LogP contribution is -2.16. The second-order valence-electron chi connectivity index (χ2n) is 6.23. The number of nitrogens with one attached hydrogen (secondary N) is 1. The van der Waals surface area contributed by atoms with E-state index in [4.69, 9.17) is 14.2 Å². The van der Waals surface area contributed by atoms with Gasteiger partial charge in [0.25, 0.3) is 10.0 Å². The minimum atomic E-state index is -3.93. The molecule has 8 heteroatoms. The van der Waals surface area contributed by atoms with E-state index >= 15 is 0 Å². The fourth-order valence-corrected chi connectivity index (χ4v) is 3.73. The summed E-state index contributed by atoms with van der Waals surface area (Å²) in [7, 11) is 0.124. The zero-order chi connectivity index (χ0) is 20.9. The SMILES string of the molecule is CC[C@@H](C)c1ccc(S(=O)(=O)Nc2cc(OC)c(OC)cc2C(=O)OC)cc1. The highest BCUT2D eigenvalue weighted by Gasteiger charge is 2.22. The van der Waals surface area contributed by atoms with E-state index in [1.165, 1.54) is 33.5 Å². The average Bonchev–Trinajstić information content (AvgIpc) is 2.71. The Morgan fingerprint density at radius 3 is 2.11 bits per heavy atom. The molecule has 0 saturated heterocycles. The smallest absolute Gasteiger partial charge is 0.340 e. The second-order valence-corrected chi connectivity index (χ2v) is 7.91. The van der Waals surface area contributed by atoms with Gasteiger partial charge in [0.15, 0.2) is 11.5 Å². The molecular formula is C20H25NO6S. The van der Waals surface area contributed by atoms with Crippen molar-refractivity contribution in [3.8, 4) is 11.5 Å². The van der Waals surface area contributed by atoms with E-state index in [1.807, 2.05) is 0 Å². The average molecular weight is 407 g/mol. The van der Waals surface area contributed by atoms with Gasteiger partial charge in [-0.05, 0) is 30.0 Å². The lowest BCUT2D eigenvalue weighted by molar-refractivity contribution is 0.0601. The van der Waals surface area contributed by atoms with Gasteiger partial charge in [0.05, 0.1) is 37.5 Å². The number of anilines is 1. The molecule has 0 bridgehead atoms. The summed E-state index contributed by atoms with van der Waals surface area (Å²) in [5.74, 6) is 0.191. The Bertz CT molecular complexity index is 938. The summed E-state index contributed by atoms with van der Waals surface area (Å²) in [5.41, 5.74) is 1.11. The number of benzene rings is 2. The molecule has 0 fully saturated rings. The van der Waals surface area contributed by atoms with Gasteiger partial charge in [-0.2, -0.15) is 0 Å². The highest BCUT2D eigenvalue weighted by Crippen LogP contribution is 2.35. The van der Waals surface area contributed by atoms with E-state index in [0.29, 0.717) is 5.92 Å². The third-order valence-electron chi connectivity index (χ3n) is 4.55. The molecule has 0 aliphatic heterocycles. The Hall–Kier alpha value is -2.74. The monoisotopic (exact) mass is 407 g/mol. The molecule has 0 aliphatic rings. The van der Waals surface area contributed by atoms with Gasteiger partial charge in [0.2, 0.25) is 0 Å². The van der Waals surface area contributed by atoms with Gasteiger partial charge < -0.3 is 14.2 Å². The zero-order valence-electron chi connectivity index (χ0n) is 16.6. The molecule has 2 rings (SSSR count). The van der Waals surface area contributed by atoms with Crippen molar-refractivity contribution < 1.29 is 27.4 Å². The van der Waals surface area contributed by atoms with Crippen molar-refractivity contribution in [2.24, 2.45) is 0 Å². The molecule has 28 heavy (non-hydrogen) atoms. The lowest BCUT2D eigenvalue weighted by atomic mass is 9.99. The van der Waals surface area contributed by atoms with Crippen LogP contribution < -0.4 is 14.2 Å². The molecule has 0 saturated carbocycles. The fourth-order valence-electron chi connectivity index (χ4n) is 2.66. The standard InChI is InChI=1S/C20H25NO6S/c1-6-13(2)14-7-9-15(10-8-14)28(23,24)21-17-12-19(26-4)18(25-3)11-16(17)20(22)27-5/h7-13,21H,6H2,1-5H3/t13-/m1/s1. The predicted octanol–water partition coefficient (Wildman–Crippen LogP) is 3.80. The van der Waals surface area contributed by atoms with E-state index in [2.05, 4.69) is 18.6 Å². The molecule has 0 unspecified atom stereocenters. The van der Waals surface area contributed by atoms with Crippen molar-refractivity contribution in [1.29, 1.82) is 0 Å². The number of rotatable bonds is 8. The number of carbonyl (C=O) groups is 1. The van der Waals surface area contributed by atoms with Crippen LogP contribution in [0.5, 0.6) is 11.5 Å². The summed E-state index contributed by atoms with van der Waals surface area (Å²) < 4.78 is 43.3. The van der Waals surface area contributed by atoms with Crippen LogP contribution in [0.3, 0.4) is 0 Å². The van der Waals surface area contributed by atoms with E-state index in [0.717, 1.165) is 12.0 Å². The summed E-state index contributed by atoms with van der Waals surface area (Å²) in [5, 5.41) is 0. The van der Waals surface area contributed by atoms with Crippen molar-refractivity contribution in [1.82, 2.24) is 0 Å². The third-order valence-corrected chi connectivity index (χ3v) is 5.93. The Morgan fingerprint density at radius 2 is 1.61 bits per heavy atom. The van der Waals surface area contributed by atoms with E-state index in [-0.39, 0.29) is 27.6 Å². The van der Waals surface area contributed by atoms with Crippen molar-refractivity contribution >= 4 is 21.7 Å². The van der Waals surface area contributed by atoms with Crippen LogP contribution in [-0.2, 0) is 14.8 Å². The zero-order valence-corrected chi connectivity index (χ0v) is 17.4. The first-order valence-corrected chi connectivity index (χ1v) is 10.2. The number of hydrogen-bond acceptors (Lipinski definition) is 6. The van der Waals surface area contributed by atoms with Gasteiger partial charge in [0.1, 0.15) is 0 Å². The maximum atomic E-state index is 12.8. The maximum absolute atomic E-state index is 12.8. The van der Waals surface area contributed by atoms with Crippen molar-refractivity contribution in [2.75, 3.05) is 26.1 Å². The third kappa shape index (κ3) is 4.56. The van der Waals surface area contributed by atoms with Crippen LogP contribution in [0.1, 0.15) is 42.1 Å². The highest BCUT2D eigenvalue weighted by atomic mass is 32.2. The fraction of sp³-hybridized carbons (Fsp3) is 0.350. The molecule has 0 amide bonds. The summed E-state index contributed by atoms with van der Waals surface area (Å²) in [6, 6.07) is 9.42. The summed E-state index contributed by atoms with van der Waals surface area (Å²) >= 11 is 0. The quantitative estimate of drug-likeness (QED) is 0.669. The predicted molar refractivity (Wildman–Crippen MR) is 107 cm³/mol. The molecule has 0 aromatic heterocycles. The van der Waals surface area contributed by atoms with E-state index < -0.39 is 16.0 Å². The molecule has 152 valence electrons. The molecular weight excluding hydrogens is 382 g/mol. The van der Waals surface area contributed by atoms with Crippen LogP contribution in [0, 0.1) is 0 Å². The maximum Gasteiger partial charge on any atom is 0.340 e. The van der Waals surface area contributed by atoms with Gasteiger partial charge in [0, 0.05) is 12.1 Å². The number of sulfonamides is 1. The van der Waals surface area contributed by atoms with Gasteiger partial charge in [-0.1, -0.05) is 26.0 Å². The van der Waals surface area contributed by atoms with Crippen LogP contribution in [0.2, 0.25) is 0 Å². The first kappa shape index (κ1) is 21.6. The molecule has 1 atom stereocenters. The number of esters is 1. The first-order chi connectivity index (χ1) is 13.3. The lowest BCUT2D eigenvalue weighted by Gasteiger charge is -2.16. The number of hydrogen-bond donors (Lipinski definition) is 1. The van der Waals surface area contributed by atoms with Crippen LogP contribution in [0.4, 0.5) is 5.69 Å². The van der Waals surface area contributed by atoms with E-state index in [9.17, 15) is 13.2 Å². The number of carbonyl (C=O) groups excluding carboxylic acids is 1. The Kier molecular flexibility index (Phi) is 6.90. The van der Waals surface area contributed by atoms with Gasteiger partial charge in [-0.25, -0.2) is 13.2 Å². The van der Waals surface area contributed by atoms with Gasteiger partial charge >= 0.3 is 5.97 Å². The molecule has 0 heterocycles. The topological polar surface area (TPSA) is 90.9 Å². The molecule has 0 aliphatic carbocycles.